The monoisotopic (exact) mass is 435 g/mol. The van der Waals surface area contributed by atoms with Crippen molar-refractivity contribution in [1.82, 2.24) is 14.8 Å². The summed E-state index contributed by atoms with van der Waals surface area (Å²) in [6.07, 6.45) is 1.44. The predicted octanol–water partition coefficient (Wildman–Crippen LogP) is 4.31. The van der Waals surface area contributed by atoms with Gasteiger partial charge in [-0.3, -0.25) is 9.69 Å². The van der Waals surface area contributed by atoms with Crippen LogP contribution < -0.4 is 4.74 Å². The lowest BCUT2D eigenvalue weighted by Gasteiger charge is -2.21. The number of hydrogen-bond acceptors (Lipinski definition) is 5. The maximum atomic E-state index is 12.8. The van der Waals surface area contributed by atoms with E-state index in [1.54, 1.807) is 11.3 Å². The number of nitrogens with zero attached hydrogens (tertiary/aromatic N) is 3. The van der Waals surface area contributed by atoms with Crippen LogP contribution in [-0.2, 0) is 24.4 Å². The molecule has 1 aliphatic rings. The Morgan fingerprint density at radius 3 is 2.55 bits per heavy atom. The molecule has 6 heteroatoms. The minimum atomic E-state index is 0.198. The molecule has 1 aliphatic heterocycles. The molecule has 2 aromatic carbocycles. The van der Waals surface area contributed by atoms with E-state index in [-0.39, 0.29) is 5.91 Å². The van der Waals surface area contributed by atoms with E-state index in [2.05, 4.69) is 15.3 Å². The summed E-state index contributed by atoms with van der Waals surface area (Å²) in [5, 5.41) is 3.24. The molecule has 3 aromatic rings. The van der Waals surface area contributed by atoms with Crippen LogP contribution in [-0.4, -0.2) is 46.9 Å². The van der Waals surface area contributed by atoms with Crippen LogP contribution in [0.3, 0.4) is 0 Å². The Balaban J connectivity index is 1.25. The highest BCUT2D eigenvalue weighted by molar-refractivity contribution is 7.09. The molecule has 162 valence electrons. The van der Waals surface area contributed by atoms with Gasteiger partial charge in [0.25, 0.3) is 0 Å². The molecule has 1 fully saturated rings. The summed E-state index contributed by atoms with van der Waals surface area (Å²) in [7, 11) is 0. The van der Waals surface area contributed by atoms with Crippen LogP contribution in [0.1, 0.15) is 28.2 Å². The van der Waals surface area contributed by atoms with Gasteiger partial charge in [0.1, 0.15) is 12.4 Å². The summed E-state index contributed by atoms with van der Waals surface area (Å²) in [5.41, 5.74) is 3.30. The number of benzene rings is 2. The van der Waals surface area contributed by atoms with Crippen LogP contribution in [0.5, 0.6) is 5.75 Å². The van der Waals surface area contributed by atoms with Gasteiger partial charge < -0.3 is 9.64 Å². The number of thiazole rings is 1. The van der Waals surface area contributed by atoms with E-state index in [4.69, 9.17) is 4.74 Å². The standard InChI is InChI=1S/C25H29N3O2S/c1-20-26-23(19-31-20)17-27-12-5-13-28(15-14-27)25(29)16-21-8-10-24(11-9-21)30-18-22-6-3-2-4-7-22/h2-4,6-11,19H,5,12-18H2,1H3. The summed E-state index contributed by atoms with van der Waals surface area (Å²) in [5.74, 6) is 1.02. The Labute approximate surface area is 188 Å². The summed E-state index contributed by atoms with van der Waals surface area (Å²) >= 11 is 1.70. The molecule has 2 heterocycles. The fraction of sp³-hybridized carbons (Fsp3) is 0.360. The molecule has 0 saturated carbocycles. The van der Waals surface area contributed by atoms with Crippen molar-refractivity contribution < 1.29 is 9.53 Å². The maximum absolute atomic E-state index is 12.8. The SMILES string of the molecule is Cc1nc(CN2CCCN(C(=O)Cc3ccc(OCc4ccccc4)cc3)CC2)cs1. The van der Waals surface area contributed by atoms with Gasteiger partial charge in [-0.25, -0.2) is 4.98 Å². The molecular formula is C25H29N3O2S. The molecule has 0 aliphatic carbocycles. The second-order valence-electron chi connectivity index (χ2n) is 7.96. The zero-order valence-corrected chi connectivity index (χ0v) is 18.8. The van der Waals surface area contributed by atoms with Crippen molar-refractivity contribution in [1.29, 1.82) is 0 Å². The van der Waals surface area contributed by atoms with Gasteiger partial charge in [-0.15, -0.1) is 11.3 Å². The number of amides is 1. The van der Waals surface area contributed by atoms with Crippen LogP contribution in [0, 0.1) is 6.92 Å². The van der Waals surface area contributed by atoms with Crippen molar-refractivity contribution in [3.8, 4) is 5.75 Å². The lowest BCUT2D eigenvalue weighted by atomic mass is 10.1. The van der Waals surface area contributed by atoms with Crippen LogP contribution in [0.25, 0.3) is 0 Å². The van der Waals surface area contributed by atoms with Crippen molar-refractivity contribution >= 4 is 17.2 Å². The van der Waals surface area contributed by atoms with E-state index in [1.165, 1.54) is 0 Å². The molecule has 1 saturated heterocycles. The molecule has 0 bridgehead atoms. The van der Waals surface area contributed by atoms with Crippen LogP contribution in [0.2, 0.25) is 0 Å². The van der Waals surface area contributed by atoms with Gasteiger partial charge in [0.2, 0.25) is 5.91 Å². The molecule has 0 spiro atoms. The zero-order chi connectivity index (χ0) is 21.5. The third-order valence-electron chi connectivity index (χ3n) is 5.52. The van der Waals surface area contributed by atoms with Gasteiger partial charge in [0, 0.05) is 38.1 Å². The normalized spacial score (nSPS) is 14.9. The van der Waals surface area contributed by atoms with Gasteiger partial charge in [-0.2, -0.15) is 0 Å². The Morgan fingerprint density at radius 2 is 1.81 bits per heavy atom. The van der Waals surface area contributed by atoms with E-state index in [9.17, 15) is 4.79 Å². The van der Waals surface area contributed by atoms with E-state index in [1.807, 2.05) is 66.4 Å². The summed E-state index contributed by atoms with van der Waals surface area (Å²) in [6.45, 7) is 6.96. The highest BCUT2D eigenvalue weighted by Gasteiger charge is 2.20. The second-order valence-corrected chi connectivity index (χ2v) is 9.03. The first-order chi connectivity index (χ1) is 15.2. The minimum Gasteiger partial charge on any atom is -0.489 e. The molecule has 1 aromatic heterocycles. The first kappa shape index (κ1) is 21.5. The summed E-state index contributed by atoms with van der Waals surface area (Å²) < 4.78 is 5.84. The van der Waals surface area contributed by atoms with Crippen molar-refractivity contribution in [2.24, 2.45) is 0 Å². The Hall–Kier alpha value is -2.70. The molecule has 0 radical (unpaired) electrons. The fourth-order valence-electron chi connectivity index (χ4n) is 3.82. The van der Waals surface area contributed by atoms with Crippen molar-refractivity contribution in [2.45, 2.75) is 32.9 Å². The third kappa shape index (κ3) is 6.39. The van der Waals surface area contributed by atoms with Gasteiger partial charge in [-0.05, 0) is 36.6 Å². The predicted molar refractivity (Wildman–Crippen MR) is 124 cm³/mol. The van der Waals surface area contributed by atoms with Crippen LogP contribution in [0.15, 0.2) is 60.0 Å². The number of ether oxygens (including phenoxy) is 1. The summed E-state index contributed by atoms with van der Waals surface area (Å²) in [4.78, 5) is 21.8. The molecule has 0 N–H and O–H groups in total. The van der Waals surface area contributed by atoms with E-state index in [0.29, 0.717) is 13.0 Å². The number of rotatable bonds is 7. The second kappa shape index (κ2) is 10.6. The fourth-order valence-corrected chi connectivity index (χ4v) is 4.42. The molecule has 1 amide bonds. The van der Waals surface area contributed by atoms with Crippen LogP contribution >= 0.6 is 11.3 Å². The number of carbonyl (C=O) groups excluding carboxylic acids is 1. The molecule has 0 atom stereocenters. The third-order valence-corrected chi connectivity index (χ3v) is 6.34. The van der Waals surface area contributed by atoms with Crippen molar-refractivity contribution in [3.63, 3.8) is 0 Å². The Bertz CT molecular complexity index is 972. The highest BCUT2D eigenvalue weighted by Crippen LogP contribution is 2.16. The zero-order valence-electron chi connectivity index (χ0n) is 18.0. The largest absolute Gasteiger partial charge is 0.489 e. The number of carbonyl (C=O) groups is 1. The summed E-state index contributed by atoms with van der Waals surface area (Å²) in [6, 6.07) is 18.0. The van der Waals surface area contributed by atoms with Crippen LogP contribution in [0.4, 0.5) is 0 Å². The molecule has 5 nitrogen and oxygen atoms in total. The first-order valence-electron chi connectivity index (χ1n) is 10.8. The van der Waals surface area contributed by atoms with Crippen molar-refractivity contribution in [3.05, 3.63) is 81.8 Å². The lowest BCUT2D eigenvalue weighted by Crippen LogP contribution is -2.36. The van der Waals surface area contributed by atoms with Gasteiger partial charge >= 0.3 is 0 Å². The lowest BCUT2D eigenvalue weighted by molar-refractivity contribution is -0.130. The number of aromatic nitrogens is 1. The molecule has 4 rings (SSSR count). The quantitative estimate of drug-likeness (QED) is 0.555. The van der Waals surface area contributed by atoms with E-state index >= 15 is 0 Å². The minimum absolute atomic E-state index is 0.198. The molecular weight excluding hydrogens is 406 g/mol. The first-order valence-corrected chi connectivity index (χ1v) is 11.7. The topological polar surface area (TPSA) is 45.7 Å². The Kier molecular flexibility index (Phi) is 7.33. The number of hydrogen-bond donors (Lipinski definition) is 0. The maximum Gasteiger partial charge on any atom is 0.227 e. The van der Waals surface area contributed by atoms with Gasteiger partial charge in [0.05, 0.1) is 17.1 Å². The van der Waals surface area contributed by atoms with Gasteiger partial charge in [0.15, 0.2) is 0 Å². The highest BCUT2D eigenvalue weighted by atomic mass is 32.1. The molecule has 0 unspecified atom stereocenters. The molecule has 31 heavy (non-hydrogen) atoms. The van der Waals surface area contributed by atoms with E-state index in [0.717, 1.165) is 66.7 Å². The van der Waals surface area contributed by atoms with E-state index < -0.39 is 0 Å². The average Bonchev–Trinajstić information content (AvgIpc) is 3.05. The number of aryl methyl sites for hydroxylation is 1. The van der Waals surface area contributed by atoms with Crippen molar-refractivity contribution in [2.75, 3.05) is 26.2 Å². The van der Waals surface area contributed by atoms with Gasteiger partial charge in [-0.1, -0.05) is 42.5 Å². The average molecular weight is 436 g/mol. The smallest absolute Gasteiger partial charge is 0.227 e. The Morgan fingerprint density at radius 1 is 1.00 bits per heavy atom.